The number of aliphatic hydroxyl groups is 1. The highest BCUT2D eigenvalue weighted by atomic mass is 16.3. The minimum absolute atomic E-state index is 0.184. The second-order valence-corrected chi connectivity index (χ2v) is 5.25. The molecule has 0 spiro atoms. The van der Waals surface area contributed by atoms with Gasteiger partial charge in [0.2, 0.25) is 5.91 Å². The van der Waals surface area contributed by atoms with Crippen molar-refractivity contribution in [2.24, 2.45) is 0 Å². The van der Waals surface area contributed by atoms with E-state index in [2.05, 4.69) is 24.3 Å². The number of nitrogens with zero attached hydrogens (tertiary/aromatic N) is 1. The number of rotatable bonds is 5. The summed E-state index contributed by atoms with van der Waals surface area (Å²) in [6.07, 6.45) is 4.24. The summed E-state index contributed by atoms with van der Waals surface area (Å²) in [4.78, 5) is 13.9. The lowest BCUT2D eigenvalue weighted by Gasteiger charge is -2.32. The van der Waals surface area contributed by atoms with Gasteiger partial charge in [-0.1, -0.05) is 30.3 Å². The van der Waals surface area contributed by atoms with Gasteiger partial charge in [0.15, 0.2) is 0 Å². The number of aliphatic hydroxyl groups excluding tert-OH is 1. The minimum atomic E-state index is 0.184. The molecule has 0 atom stereocenters. The maximum atomic E-state index is 12.0. The molecule has 0 unspecified atom stereocenters. The lowest BCUT2D eigenvalue weighted by Crippen LogP contribution is -2.37. The van der Waals surface area contributed by atoms with Crippen molar-refractivity contribution in [1.29, 1.82) is 0 Å². The smallest absolute Gasteiger partial charge is 0.222 e. The van der Waals surface area contributed by atoms with Gasteiger partial charge in [-0.05, 0) is 37.2 Å². The molecule has 1 aliphatic heterocycles. The van der Waals surface area contributed by atoms with E-state index in [-0.39, 0.29) is 12.5 Å². The zero-order valence-electron chi connectivity index (χ0n) is 11.4. The monoisotopic (exact) mass is 261 g/mol. The number of likely N-dealkylation sites (tertiary alicyclic amines) is 1. The van der Waals surface area contributed by atoms with Gasteiger partial charge in [-0.15, -0.1) is 0 Å². The number of unbranched alkanes of at least 4 members (excludes halogenated alkanes) is 1. The molecule has 3 heteroatoms. The number of amides is 1. The molecule has 1 aromatic carbocycles. The zero-order chi connectivity index (χ0) is 13.5. The van der Waals surface area contributed by atoms with Crippen LogP contribution >= 0.6 is 0 Å². The van der Waals surface area contributed by atoms with Gasteiger partial charge in [-0.3, -0.25) is 4.79 Å². The summed E-state index contributed by atoms with van der Waals surface area (Å²) >= 11 is 0. The Kier molecular flexibility index (Phi) is 5.40. The molecule has 19 heavy (non-hydrogen) atoms. The number of hydrogen-bond donors (Lipinski definition) is 1. The molecule has 2 rings (SSSR count). The van der Waals surface area contributed by atoms with Gasteiger partial charge in [0.1, 0.15) is 0 Å². The normalized spacial score (nSPS) is 16.6. The fourth-order valence-corrected chi connectivity index (χ4v) is 2.73. The van der Waals surface area contributed by atoms with E-state index < -0.39 is 0 Å². The van der Waals surface area contributed by atoms with Gasteiger partial charge in [0.05, 0.1) is 0 Å². The molecule has 0 aromatic heterocycles. The largest absolute Gasteiger partial charge is 0.396 e. The van der Waals surface area contributed by atoms with Crippen LogP contribution < -0.4 is 0 Å². The van der Waals surface area contributed by atoms with Crippen molar-refractivity contribution >= 4 is 5.91 Å². The summed E-state index contributed by atoms with van der Waals surface area (Å²) in [5.74, 6) is 0.850. The predicted octanol–water partition coefficient (Wildman–Crippen LogP) is 2.56. The van der Waals surface area contributed by atoms with Gasteiger partial charge in [0.25, 0.3) is 0 Å². The Labute approximate surface area is 115 Å². The third kappa shape index (κ3) is 4.06. The fraction of sp³-hybridized carbons (Fsp3) is 0.562. The van der Waals surface area contributed by atoms with Gasteiger partial charge in [-0.2, -0.15) is 0 Å². The van der Waals surface area contributed by atoms with Crippen LogP contribution in [0.1, 0.15) is 43.6 Å². The fourth-order valence-electron chi connectivity index (χ4n) is 2.73. The van der Waals surface area contributed by atoms with E-state index in [1.54, 1.807) is 0 Å². The van der Waals surface area contributed by atoms with Crippen LogP contribution in [-0.4, -0.2) is 35.6 Å². The molecule has 3 nitrogen and oxygen atoms in total. The molecule has 0 aliphatic carbocycles. The average molecular weight is 261 g/mol. The lowest BCUT2D eigenvalue weighted by molar-refractivity contribution is -0.132. The highest BCUT2D eigenvalue weighted by Crippen LogP contribution is 2.27. The topological polar surface area (TPSA) is 40.5 Å². The van der Waals surface area contributed by atoms with Gasteiger partial charge in [-0.25, -0.2) is 0 Å². The Balaban J connectivity index is 1.77. The van der Waals surface area contributed by atoms with Crippen molar-refractivity contribution in [1.82, 2.24) is 4.90 Å². The third-order valence-corrected chi connectivity index (χ3v) is 3.92. The van der Waals surface area contributed by atoms with Crippen molar-refractivity contribution < 1.29 is 9.90 Å². The van der Waals surface area contributed by atoms with Gasteiger partial charge in [0, 0.05) is 26.1 Å². The van der Waals surface area contributed by atoms with E-state index in [1.165, 1.54) is 5.56 Å². The summed E-state index contributed by atoms with van der Waals surface area (Å²) in [6, 6.07) is 10.6. The number of carbonyl (C=O) groups excluding carboxylic acids is 1. The highest BCUT2D eigenvalue weighted by molar-refractivity contribution is 5.76. The molecule has 1 heterocycles. The zero-order valence-corrected chi connectivity index (χ0v) is 11.4. The van der Waals surface area contributed by atoms with Crippen LogP contribution in [0.5, 0.6) is 0 Å². The van der Waals surface area contributed by atoms with Crippen molar-refractivity contribution in [2.45, 2.75) is 38.0 Å². The van der Waals surface area contributed by atoms with E-state index >= 15 is 0 Å². The van der Waals surface area contributed by atoms with Crippen LogP contribution in [0.3, 0.4) is 0 Å². The molecular formula is C16H23NO2. The standard InChI is InChI=1S/C16H23NO2/c18-13-5-4-8-16(19)17-11-9-15(10-12-17)14-6-2-1-3-7-14/h1-3,6-7,15,18H,4-5,8-13H2. The number of carbonyl (C=O) groups is 1. The first-order chi connectivity index (χ1) is 9.31. The average Bonchev–Trinajstić information content (AvgIpc) is 2.48. The summed E-state index contributed by atoms with van der Waals surface area (Å²) in [5.41, 5.74) is 1.40. The molecule has 0 bridgehead atoms. The van der Waals surface area contributed by atoms with Crippen molar-refractivity contribution in [3.63, 3.8) is 0 Å². The number of hydrogen-bond acceptors (Lipinski definition) is 2. The second-order valence-electron chi connectivity index (χ2n) is 5.25. The van der Waals surface area contributed by atoms with E-state index in [0.717, 1.165) is 38.8 Å². The molecule has 1 saturated heterocycles. The van der Waals surface area contributed by atoms with Crippen LogP contribution in [0.4, 0.5) is 0 Å². The lowest BCUT2D eigenvalue weighted by atomic mass is 9.89. The van der Waals surface area contributed by atoms with Gasteiger partial charge < -0.3 is 10.0 Å². The van der Waals surface area contributed by atoms with Gasteiger partial charge >= 0.3 is 0 Å². The van der Waals surface area contributed by atoms with Crippen LogP contribution in [0.15, 0.2) is 30.3 Å². The van der Waals surface area contributed by atoms with E-state index in [0.29, 0.717) is 12.3 Å². The van der Waals surface area contributed by atoms with Crippen LogP contribution in [0.2, 0.25) is 0 Å². The first-order valence-electron chi connectivity index (χ1n) is 7.25. The first kappa shape index (κ1) is 14.1. The number of benzene rings is 1. The Morgan fingerprint density at radius 3 is 2.47 bits per heavy atom. The summed E-state index contributed by atoms with van der Waals surface area (Å²) < 4.78 is 0. The molecule has 1 N–H and O–H groups in total. The molecule has 104 valence electrons. The third-order valence-electron chi connectivity index (χ3n) is 3.92. The molecular weight excluding hydrogens is 238 g/mol. The Hall–Kier alpha value is -1.35. The maximum Gasteiger partial charge on any atom is 0.222 e. The van der Waals surface area contributed by atoms with Crippen LogP contribution in [0, 0.1) is 0 Å². The van der Waals surface area contributed by atoms with E-state index in [4.69, 9.17) is 5.11 Å². The summed E-state index contributed by atoms with van der Waals surface area (Å²) in [6.45, 7) is 1.93. The maximum absolute atomic E-state index is 12.0. The molecule has 1 amide bonds. The predicted molar refractivity (Wildman–Crippen MR) is 75.9 cm³/mol. The number of piperidine rings is 1. The Morgan fingerprint density at radius 1 is 1.16 bits per heavy atom. The van der Waals surface area contributed by atoms with Crippen molar-refractivity contribution in [3.05, 3.63) is 35.9 Å². The molecule has 0 radical (unpaired) electrons. The minimum Gasteiger partial charge on any atom is -0.396 e. The van der Waals surface area contributed by atoms with E-state index in [1.807, 2.05) is 11.0 Å². The highest BCUT2D eigenvalue weighted by Gasteiger charge is 2.23. The Morgan fingerprint density at radius 2 is 1.84 bits per heavy atom. The van der Waals surface area contributed by atoms with Crippen LogP contribution in [0.25, 0.3) is 0 Å². The quantitative estimate of drug-likeness (QED) is 0.828. The van der Waals surface area contributed by atoms with E-state index in [9.17, 15) is 4.79 Å². The SMILES string of the molecule is O=C(CCCCO)N1CCC(c2ccccc2)CC1. The summed E-state index contributed by atoms with van der Waals surface area (Å²) in [7, 11) is 0. The molecule has 1 aromatic rings. The first-order valence-corrected chi connectivity index (χ1v) is 7.25. The Bertz CT molecular complexity index is 383. The molecule has 1 aliphatic rings. The summed E-state index contributed by atoms with van der Waals surface area (Å²) in [5, 5.41) is 8.73. The molecule has 1 fully saturated rings. The second kappa shape index (κ2) is 7.29. The van der Waals surface area contributed by atoms with Crippen molar-refractivity contribution in [2.75, 3.05) is 19.7 Å². The van der Waals surface area contributed by atoms with Crippen molar-refractivity contribution in [3.8, 4) is 0 Å². The van der Waals surface area contributed by atoms with Crippen LogP contribution in [-0.2, 0) is 4.79 Å². The molecule has 0 saturated carbocycles.